The Labute approximate surface area is 163 Å². The molecule has 1 unspecified atom stereocenters. The molecular weight excluding hydrogens is 366 g/mol. The van der Waals surface area contributed by atoms with Crippen molar-refractivity contribution < 1.29 is 14.3 Å². The van der Waals surface area contributed by atoms with E-state index >= 15 is 0 Å². The molecular formula is C20H22ClN3O3. The third-order valence-electron chi connectivity index (χ3n) is 4.46. The van der Waals surface area contributed by atoms with Crippen LogP contribution in [0.4, 0.5) is 5.69 Å². The number of rotatable bonds is 6. The zero-order valence-electron chi connectivity index (χ0n) is 15.1. The van der Waals surface area contributed by atoms with Gasteiger partial charge in [-0.05, 0) is 35.9 Å². The van der Waals surface area contributed by atoms with Crippen molar-refractivity contribution in [3.8, 4) is 5.75 Å². The van der Waals surface area contributed by atoms with E-state index < -0.39 is 6.04 Å². The van der Waals surface area contributed by atoms with Gasteiger partial charge in [0, 0.05) is 30.3 Å². The van der Waals surface area contributed by atoms with Gasteiger partial charge in [-0.25, -0.2) is 0 Å². The summed E-state index contributed by atoms with van der Waals surface area (Å²) in [5.74, 6) is 0.406. The van der Waals surface area contributed by atoms with Crippen LogP contribution in [-0.4, -0.2) is 43.0 Å². The number of piperazine rings is 1. The summed E-state index contributed by atoms with van der Waals surface area (Å²) < 4.78 is 5.10. The zero-order chi connectivity index (χ0) is 19.2. The van der Waals surface area contributed by atoms with Crippen LogP contribution < -0.4 is 15.4 Å². The number of hydrogen-bond acceptors (Lipinski definition) is 4. The van der Waals surface area contributed by atoms with E-state index in [1.807, 2.05) is 24.3 Å². The third kappa shape index (κ3) is 4.99. The Morgan fingerprint density at radius 1 is 1.26 bits per heavy atom. The number of carbonyl (C=O) groups excluding carboxylic acids is 2. The molecule has 2 N–H and O–H groups in total. The molecule has 0 spiro atoms. The van der Waals surface area contributed by atoms with Gasteiger partial charge in [-0.1, -0.05) is 29.8 Å². The zero-order valence-corrected chi connectivity index (χ0v) is 15.8. The van der Waals surface area contributed by atoms with Crippen LogP contribution in [0.3, 0.4) is 0 Å². The Morgan fingerprint density at radius 3 is 2.70 bits per heavy atom. The van der Waals surface area contributed by atoms with Crippen LogP contribution in [-0.2, 0) is 16.1 Å². The summed E-state index contributed by atoms with van der Waals surface area (Å²) in [6.45, 7) is 1.66. The largest absolute Gasteiger partial charge is 0.497 e. The summed E-state index contributed by atoms with van der Waals surface area (Å²) in [5.41, 5.74) is 1.56. The Morgan fingerprint density at radius 2 is 2.00 bits per heavy atom. The van der Waals surface area contributed by atoms with E-state index in [-0.39, 0.29) is 18.2 Å². The van der Waals surface area contributed by atoms with Crippen LogP contribution in [0.25, 0.3) is 0 Å². The van der Waals surface area contributed by atoms with Crippen molar-refractivity contribution in [1.29, 1.82) is 0 Å². The van der Waals surface area contributed by atoms with Gasteiger partial charge in [0.25, 0.3) is 0 Å². The minimum atomic E-state index is -0.542. The second-order valence-electron chi connectivity index (χ2n) is 6.34. The van der Waals surface area contributed by atoms with Gasteiger partial charge in [-0.15, -0.1) is 0 Å². The molecule has 0 aliphatic carbocycles. The van der Waals surface area contributed by atoms with Gasteiger partial charge in [0.1, 0.15) is 5.75 Å². The van der Waals surface area contributed by atoms with Crippen LogP contribution >= 0.6 is 11.6 Å². The summed E-state index contributed by atoms with van der Waals surface area (Å²) in [5, 5.41) is 6.57. The molecule has 1 aliphatic rings. The SMILES string of the molecule is COc1ccc(NC(=O)CC2NCCN(Cc3ccccc3Cl)C2=O)cc1. The number of halogens is 1. The van der Waals surface area contributed by atoms with Gasteiger partial charge in [0.05, 0.1) is 19.6 Å². The van der Waals surface area contributed by atoms with Crippen molar-refractivity contribution in [1.82, 2.24) is 10.2 Å². The number of carbonyl (C=O) groups is 2. The molecule has 7 heteroatoms. The van der Waals surface area contributed by atoms with E-state index in [4.69, 9.17) is 16.3 Å². The summed E-state index contributed by atoms with van der Waals surface area (Å²) in [6.07, 6.45) is 0.0733. The van der Waals surface area contributed by atoms with Crippen molar-refractivity contribution in [2.75, 3.05) is 25.5 Å². The molecule has 6 nitrogen and oxygen atoms in total. The van der Waals surface area contributed by atoms with Crippen LogP contribution in [0, 0.1) is 0 Å². The summed E-state index contributed by atoms with van der Waals surface area (Å²) in [7, 11) is 1.59. The topological polar surface area (TPSA) is 70.7 Å². The second-order valence-corrected chi connectivity index (χ2v) is 6.75. The molecule has 0 aromatic heterocycles. The molecule has 1 heterocycles. The van der Waals surface area contributed by atoms with Gasteiger partial charge in [0.15, 0.2) is 0 Å². The second kappa shape index (κ2) is 8.88. The maximum Gasteiger partial charge on any atom is 0.240 e. The molecule has 27 heavy (non-hydrogen) atoms. The number of benzene rings is 2. The number of hydrogen-bond donors (Lipinski definition) is 2. The van der Waals surface area contributed by atoms with E-state index in [9.17, 15) is 9.59 Å². The number of anilines is 1. The fourth-order valence-electron chi connectivity index (χ4n) is 3.01. The minimum Gasteiger partial charge on any atom is -0.497 e. The van der Waals surface area contributed by atoms with Crippen molar-refractivity contribution in [3.05, 3.63) is 59.1 Å². The van der Waals surface area contributed by atoms with Crippen LogP contribution in [0.5, 0.6) is 5.75 Å². The predicted octanol–water partition coefficient (Wildman–Crippen LogP) is 2.68. The van der Waals surface area contributed by atoms with Gasteiger partial charge < -0.3 is 20.3 Å². The lowest BCUT2D eigenvalue weighted by Crippen LogP contribution is -2.55. The Kier molecular flexibility index (Phi) is 6.32. The van der Waals surface area contributed by atoms with Crippen molar-refractivity contribution in [2.45, 2.75) is 19.0 Å². The Hall–Kier alpha value is -2.57. The molecule has 1 atom stereocenters. The van der Waals surface area contributed by atoms with Crippen LogP contribution in [0.2, 0.25) is 5.02 Å². The van der Waals surface area contributed by atoms with E-state index in [1.54, 1.807) is 36.3 Å². The minimum absolute atomic E-state index is 0.0733. The maximum absolute atomic E-state index is 12.7. The first-order chi connectivity index (χ1) is 13.1. The highest BCUT2D eigenvalue weighted by molar-refractivity contribution is 6.31. The number of nitrogens with one attached hydrogen (secondary N) is 2. The first-order valence-electron chi connectivity index (χ1n) is 8.76. The number of methoxy groups -OCH3 is 1. The molecule has 2 aromatic rings. The fourth-order valence-corrected chi connectivity index (χ4v) is 3.21. The standard InChI is InChI=1S/C20H22ClN3O3/c1-27-16-8-6-15(7-9-16)23-19(25)12-18-20(26)24(11-10-22-18)13-14-4-2-3-5-17(14)21/h2-9,18,22H,10-13H2,1H3,(H,23,25). The van der Waals surface area contributed by atoms with Gasteiger partial charge >= 0.3 is 0 Å². The Balaban J connectivity index is 1.58. The van der Waals surface area contributed by atoms with Crippen LogP contribution in [0.15, 0.2) is 48.5 Å². The summed E-state index contributed by atoms with van der Waals surface area (Å²) in [4.78, 5) is 26.8. The normalized spacial score (nSPS) is 16.9. The van der Waals surface area contributed by atoms with Gasteiger partial charge in [0.2, 0.25) is 11.8 Å². The van der Waals surface area contributed by atoms with Gasteiger partial charge in [-0.2, -0.15) is 0 Å². The fraction of sp³-hybridized carbons (Fsp3) is 0.300. The maximum atomic E-state index is 12.7. The van der Waals surface area contributed by atoms with Crippen molar-refractivity contribution in [2.24, 2.45) is 0 Å². The quantitative estimate of drug-likeness (QED) is 0.799. The molecule has 1 fully saturated rings. The monoisotopic (exact) mass is 387 g/mol. The number of ether oxygens (including phenoxy) is 1. The predicted molar refractivity (Wildman–Crippen MR) is 105 cm³/mol. The van der Waals surface area contributed by atoms with E-state index in [0.717, 1.165) is 5.56 Å². The molecule has 0 radical (unpaired) electrons. The molecule has 2 aromatic carbocycles. The smallest absolute Gasteiger partial charge is 0.240 e. The first-order valence-corrected chi connectivity index (χ1v) is 9.14. The lowest BCUT2D eigenvalue weighted by molar-refractivity contribution is -0.138. The Bertz CT molecular complexity index is 810. The molecule has 2 amide bonds. The average Bonchev–Trinajstić information content (AvgIpc) is 2.67. The lowest BCUT2D eigenvalue weighted by atomic mass is 10.1. The van der Waals surface area contributed by atoms with E-state index in [2.05, 4.69) is 10.6 Å². The van der Waals surface area contributed by atoms with E-state index in [1.165, 1.54) is 0 Å². The molecule has 0 saturated carbocycles. The molecule has 142 valence electrons. The average molecular weight is 388 g/mol. The first kappa shape index (κ1) is 19.2. The van der Waals surface area contributed by atoms with Crippen molar-refractivity contribution >= 4 is 29.1 Å². The lowest BCUT2D eigenvalue weighted by Gasteiger charge is -2.33. The van der Waals surface area contributed by atoms with Gasteiger partial charge in [-0.3, -0.25) is 9.59 Å². The highest BCUT2D eigenvalue weighted by Crippen LogP contribution is 2.19. The highest BCUT2D eigenvalue weighted by atomic mass is 35.5. The number of nitrogens with zero attached hydrogens (tertiary/aromatic N) is 1. The van der Waals surface area contributed by atoms with Crippen LogP contribution in [0.1, 0.15) is 12.0 Å². The summed E-state index contributed by atoms with van der Waals surface area (Å²) >= 11 is 6.20. The highest BCUT2D eigenvalue weighted by Gasteiger charge is 2.30. The third-order valence-corrected chi connectivity index (χ3v) is 4.83. The summed E-state index contributed by atoms with van der Waals surface area (Å²) in [6, 6.07) is 14.0. The molecule has 3 rings (SSSR count). The molecule has 1 saturated heterocycles. The molecule has 0 bridgehead atoms. The van der Waals surface area contributed by atoms with Crippen molar-refractivity contribution in [3.63, 3.8) is 0 Å². The van der Waals surface area contributed by atoms with E-state index in [0.29, 0.717) is 36.1 Å². The number of amides is 2. The molecule has 1 aliphatic heterocycles.